The van der Waals surface area contributed by atoms with Gasteiger partial charge in [-0.2, -0.15) is 0 Å². The second-order valence-electron chi connectivity index (χ2n) is 8.52. The smallest absolute Gasteiger partial charge is 0.336 e. The number of esters is 1. The highest BCUT2D eigenvalue weighted by molar-refractivity contribution is 5.97. The van der Waals surface area contributed by atoms with E-state index in [1.807, 2.05) is 31.2 Å². The Morgan fingerprint density at radius 3 is 2.52 bits per heavy atom. The molecule has 8 nitrogen and oxygen atoms in total. The van der Waals surface area contributed by atoms with Crippen LogP contribution in [0.3, 0.4) is 0 Å². The van der Waals surface area contributed by atoms with Crippen molar-refractivity contribution >= 4 is 17.8 Å². The van der Waals surface area contributed by atoms with Gasteiger partial charge in [0, 0.05) is 37.7 Å². The molecule has 1 aromatic rings. The van der Waals surface area contributed by atoms with Crippen molar-refractivity contribution in [2.24, 2.45) is 0 Å². The van der Waals surface area contributed by atoms with E-state index in [0.29, 0.717) is 17.8 Å². The van der Waals surface area contributed by atoms with Crippen molar-refractivity contribution in [2.75, 3.05) is 52.5 Å². The summed E-state index contributed by atoms with van der Waals surface area (Å²) in [7, 11) is 0. The molecule has 0 aliphatic carbocycles. The van der Waals surface area contributed by atoms with Gasteiger partial charge in [-0.15, -0.1) is 0 Å². The number of ether oxygens (including phenoxy) is 2. The van der Waals surface area contributed by atoms with Gasteiger partial charge < -0.3 is 19.7 Å². The van der Waals surface area contributed by atoms with Gasteiger partial charge >= 0.3 is 5.97 Å². The second-order valence-corrected chi connectivity index (χ2v) is 8.52. The summed E-state index contributed by atoms with van der Waals surface area (Å²) in [6.45, 7) is 10.4. The molecule has 1 N–H and O–H groups in total. The summed E-state index contributed by atoms with van der Waals surface area (Å²) in [4.78, 5) is 42.1. The van der Waals surface area contributed by atoms with Gasteiger partial charge in [0.2, 0.25) is 11.8 Å². The summed E-state index contributed by atoms with van der Waals surface area (Å²) >= 11 is 0. The first-order chi connectivity index (χ1) is 15.9. The van der Waals surface area contributed by atoms with Gasteiger partial charge in [0.1, 0.15) is 6.54 Å². The summed E-state index contributed by atoms with van der Waals surface area (Å²) in [6.07, 6.45) is 0.955. The van der Waals surface area contributed by atoms with Crippen LogP contribution < -0.4 is 5.32 Å². The van der Waals surface area contributed by atoms with Gasteiger partial charge in [-0.3, -0.25) is 14.5 Å². The van der Waals surface area contributed by atoms with Gasteiger partial charge in [-0.25, -0.2) is 4.79 Å². The number of carbonyl (C=O) groups is 3. The lowest BCUT2D eigenvalue weighted by molar-refractivity contribution is -0.141. The zero-order valence-electron chi connectivity index (χ0n) is 19.9. The maximum Gasteiger partial charge on any atom is 0.336 e. The van der Waals surface area contributed by atoms with E-state index < -0.39 is 5.97 Å². The molecule has 0 saturated carbocycles. The number of hydrogen-bond acceptors (Lipinski definition) is 6. The fourth-order valence-corrected chi connectivity index (χ4v) is 4.32. The minimum Gasteiger partial charge on any atom is -0.463 e. The van der Waals surface area contributed by atoms with Crippen LogP contribution in [0.1, 0.15) is 43.7 Å². The van der Waals surface area contributed by atoms with E-state index in [0.717, 1.165) is 50.4 Å². The maximum absolute atomic E-state index is 13.0. The van der Waals surface area contributed by atoms with Gasteiger partial charge in [-0.1, -0.05) is 29.8 Å². The van der Waals surface area contributed by atoms with Gasteiger partial charge in [0.25, 0.3) is 0 Å². The molecule has 3 rings (SSSR count). The molecular weight excluding hydrogens is 422 g/mol. The second kappa shape index (κ2) is 12.0. The van der Waals surface area contributed by atoms with Crippen molar-refractivity contribution in [1.82, 2.24) is 15.1 Å². The molecule has 180 valence electrons. The predicted octanol–water partition coefficient (Wildman–Crippen LogP) is 1.99. The van der Waals surface area contributed by atoms with Crippen molar-refractivity contribution in [2.45, 2.75) is 39.5 Å². The minimum atomic E-state index is -0.441. The number of carbonyl (C=O) groups excluding carboxylic acids is 3. The molecule has 0 bridgehead atoms. The minimum absolute atomic E-state index is 0.105. The van der Waals surface area contributed by atoms with Crippen LogP contribution in [-0.4, -0.2) is 80.1 Å². The van der Waals surface area contributed by atoms with Crippen LogP contribution >= 0.6 is 0 Å². The molecule has 8 heteroatoms. The number of benzene rings is 1. The maximum atomic E-state index is 13.0. The molecule has 2 aliphatic rings. The molecule has 0 radical (unpaired) electrons. The molecule has 33 heavy (non-hydrogen) atoms. The summed E-state index contributed by atoms with van der Waals surface area (Å²) < 4.78 is 10.6. The number of nitrogens with zero attached hydrogens (tertiary/aromatic N) is 2. The van der Waals surface area contributed by atoms with E-state index in [-0.39, 0.29) is 37.3 Å². The Hall–Kier alpha value is -2.71. The Bertz CT molecular complexity index is 875. The van der Waals surface area contributed by atoms with E-state index in [1.54, 1.807) is 13.8 Å². The van der Waals surface area contributed by atoms with Gasteiger partial charge in [0.15, 0.2) is 0 Å². The third-order valence-electron chi connectivity index (χ3n) is 6.18. The van der Waals surface area contributed by atoms with Crippen molar-refractivity contribution in [3.05, 3.63) is 46.7 Å². The number of morpholine rings is 1. The number of aryl methyl sites for hydroxylation is 1. The first-order valence-corrected chi connectivity index (χ1v) is 11.7. The van der Waals surface area contributed by atoms with Crippen LogP contribution in [0.2, 0.25) is 0 Å². The Morgan fingerprint density at radius 2 is 1.85 bits per heavy atom. The predicted molar refractivity (Wildman–Crippen MR) is 124 cm³/mol. The highest BCUT2D eigenvalue weighted by Gasteiger charge is 2.37. The molecule has 1 unspecified atom stereocenters. The SMILES string of the molecule is CCOC(=O)C1=C(C)N(CC(=O)NCCCN2CCOCC2)C(=O)CC1c1ccc(C)cc1. The largest absolute Gasteiger partial charge is 0.463 e. The molecule has 1 saturated heterocycles. The highest BCUT2D eigenvalue weighted by atomic mass is 16.5. The molecule has 0 spiro atoms. The Kier molecular flexibility index (Phi) is 9.03. The highest BCUT2D eigenvalue weighted by Crippen LogP contribution is 2.37. The van der Waals surface area contributed by atoms with Crippen LogP contribution in [0.5, 0.6) is 0 Å². The molecular formula is C25H35N3O5. The number of allylic oxidation sites excluding steroid dienone is 1. The normalized spacial score (nSPS) is 19.5. The molecule has 2 heterocycles. The third-order valence-corrected chi connectivity index (χ3v) is 6.18. The van der Waals surface area contributed by atoms with Crippen molar-refractivity contribution in [3.8, 4) is 0 Å². The first kappa shape index (κ1) is 24.9. The van der Waals surface area contributed by atoms with E-state index in [4.69, 9.17) is 9.47 Å². The molecule has 1 fully saturated rings. The monoisotopic (exact) mass is 457 g/mol. The topological polar surface area (TPSA) is 88.2 Å². The summed E-state index contributed by atoms with van der Waals surface area (Å²) in [5.74, 6) is -1.23. The van der Waals surface area contributed by atoms with Crippen LogP contribution in [0.15, 0.2) is 35.5 Å². The average Bonchev–Trinajstić information content (AvgIpc) is 2.80. The Labute approximate surface area is 195 Å². The standard InChI is InChI=1S/C25H35N3O5/c1-4-33-25(31)24-19(3)28(23(30)16-21(24)20-8-6-18(2)7-9-20)17-22(29)26-10-5-11-27-12-14-32-15-13-27/h6-9,21H,4-5,10-17H2,1-3H3,(H,26,29). The van der Waals surface area contributed by atoms with Crippen molar-refractivity contribution < 1.29 is 23.9 Å². The summed E-state index contributed by atoms with van der Waals surface area (Å²) in [6, 6.07) is 7.82. The molecule has 0 aromatic heterocycles. The zero-order valence-corrected chi connectivity index (χ0v) is 19.9. The molecule has 2 aliphatic heterocycles. The van der Waals surface area contributed by atoms with E-state index in [2.05, 4.69) is 10.2 Å². The summed E-state index contributed by atoms with van der Waals surface area (Å²) in [5.41, 5.74) is 2.92. The Balaban J connectivity index is 1.66. The average molecular weight is 458 g/mol. The van der Waals surface area contributed by atoms with Gasteiger partial charge in [-0.05, 0) is 39.3 Å². The van der Waals surface area contributed by atoms with Crippen molar-refractivity contribution in [3.63, 3.8) is 0 Å². The lowest BCUT2D eigenvalue weighted by Crippen LogP contribution is -2.44. The fraction of sp³-hybridized carbons (Fsp3) is 0.560. The van der Waals surface area contributed by atoms with Crippen LogP contribution in [-0.2, 0) is 23.9 Å². The number of amides is 2. The first-order valence-electron chi connectivity index (χ1n) is 11.7. The summed E-state index contributed by atoms with van der Waals surface area (Å²) in [5, 5.41) is 2.90. The lowest BCUT2D eigenvalue weighted by Gasteiger charge is -2.34. The lowest BCUT2D eigenvalue weighted by atomic mass is 9.83. The molecule has 2 amide bonds. The molecule has 1 atom stereocenters. The fourth-order valence-electron chi connectivity index (χ4n) is 4.32. The van der Waals surface area contributed by atoms with E-state index >= 15 is 0 Å². The number of hydrogen-bond donors (Lipinski definition) is 1. The number of nitrogens with one attached hydrogen (secondary N) is 1. The Morgan fingerprint density at radius 1 is 1.15 bits per heavy atom. The van der Waals surface area contributed by atoms with Gasteiger partial charge in [0.05, 0.1) is 25.4 Å². The van der Waals surface area contributed by atoms with Crippen LogP contribution in [0, 0.1) is 6.92 Å². The van der Waals surface area contributed by atoms with E-state index in [1.165, 1.54) is 4.90 Å². The third kappa shape index (κ3) is 6.65. The van der Waals surface area contributed by atoms with Crippen LogP contribution in [0.4, 0.5) is 0 Å². The quantitative estimate of drug-likeness (QED) is 0.451. The van der Waals surface area contributed by atoms with E-state index in [9.17, 15) is 14.4 Å². The van der Waals surface area contributed by atoms with Crippen LogP contribution in [0.25, 0.3) is 0 Å². The zero-order chi connectivity index (χ0) is 23.8. The molecule has 1 aromatic carbocycles. The number of rotatable bonds is 9. The van der Waals surface area contributed by atoms with Crippen molar-refractivity contribution in [1.29, 1.82) is 0 Å².